The van der Waals surface area contributed by atoms with Gasteiger partial charge >= 0.3 is 0 Å². The Hall–Kier alpha value is -2.16. The first-order valence-corrected chi connectivity index (χ1v) is 8.65. The number of benzene rings is 2. The Labute approximate surface area is 151 Å². The fourth-order valence-corrected chi connectivity index (χ4v) is 2.70. The molecule has 0 bridgehead atoms. The van der Waals surface area contributed by atoms with Gasteiger partial charge in [0, 0.05) is 16.2 Å². The molecule has 0 unspecified atom stereocenters. The average molecular weight is 386 g/mol. The number of nitriles is 1. The molecular formula is C19H20BrN3O. The molecule has 0 radical (unpaired) electrons. The number of carbonyl (C=O) groups excluding carboxylic acids is 1. The van der Waals surface area contributed by atoms with Gasteiger partial charge in [0.25, 0.3) is 0 Å². The average Bonchev–Trinajstić information content (AvgIpc) is 2.60. The molecule has 2 aromatic rings. The van der Waals surface area contributed by atoms with Crippen molar-refractivity contribution in [1.82, 2.24) is 5.32 Å². The van der Waals surface area contributed by atoms with Crippen LogP contribution in [0.2, 0.25) is 0 Å². The summed E-state index contributed by atoms with van der Waals surface area (Å²) in [5.41, 5.74) is 2.30. The lowest BCUT2D eigenvalue weighted by atomic mass is 10.0. The number of rotatable bonds is 6. The van der Waals surface area contributed by atoms with Gasteiger partial charge in [0.1, 0.15) is 0 Å². The molecule has 4 nitrogen and oxygen atoms in total. The molecule has 0 heterocycles. The van der Waals surface area contributed by atoms with Crippen molar-refractivity contribution in [2.75, 3.05) is 5.32 Å². The van der Waals surface area contributed by atoms with Gasteiger partial charge in [-0.05, 0) is 49.2 Å². The minimum absolute atomic E-state index is 0.101. The molecule has 0 aliphatic carbocycles. The van der Waals surface area contributed by atoms with E-state index in [-0.39, 0.29) is 18.0 Å². The van der Waals surface area contributed by atoms with Crippen LogP contribution in [0.15, 0.2) is 53.0 Å². The Kier molecular flexibility index (Phi) is 6.53. The Morgan fingerprint density at radius 3 is 2.58 bits per heavy atom. The zero-order valence-corrected chi connectivity index (χ0v) is 15.3. The first-order chi connectivity index (χ1) is 11.5. The Morgan fingerprint density at radius 2 is 1.96 bits per heavy atom. The number of hydrogen-bond acceptors (Lipinski definition) is 3. The minimum atomic E-state index is -0.357. The molecule has 24 heavy (non-hydrogen) atoms. The second-order valence-corrected chi connectivity index (χ2v) is 6.50. The maximum absolute atomic E-state index is 12.4. The van der Waals surface area contributed by atoms with Crippen molar-refractivity contribution < 1.29 is 4.79 Å². The van der Waals surface area contributed by atoms with Crippen LogP contribution in [0.1, 0.15) is 37.4 Å². The summed E-state index contributed by atoms with van der Waals surface area (Å²) in [5, 5.41) is 15.1. The first-order valence-electron chi connectivity index (χ1n) is 7.86. The lowest BCUT2D eigenvalue weighted by Gasteiger charge is -2.22. The molecule has 0 aliphatic rings. The SMILES string of the molecule is CC[C@H](N[C@H](C)C(=O)Nc1cccc(C#N)c1)c1ccc(Br)cc1. The van der Waals surface area contributed by atoms with Gasteiger partial charge in [-0.2, -0.15) is 5.26 Å². The number of hydrogen-bond donors (Lipinski definition) is 2. The summed E-state index contributed by atoms with van der Waals surface area (Å²) in [6, 6.07) is 16.8. The van der Waals surface area contributed by atoms with Crippen LogP contribution in [0.3, 0.4) is 0 Å². The molecule has 0 aromatic heterocycles. The van der Waals surface area contributed by atoms with Gasteiger partial charge in [-0.25, -0.2) is 0 Å². The molecule has 0 saturated carbocycles. The van der Waals surface area contributed by atoms with Crippen molar-refractivity contribution in [1.29, 1.82) is 5.26 Å². The number of anilines is 1. The monoisotopic (exact) mass is 385 g/mol. The molecule has 0 saturated heterocycles. The fourth-order valence-electron chi connectivity index (χ4n) is 2.44. The highest BCUT2D eigenvalue weighted by molar-refractivity contribution is 9.10. The van der Waals surface area contributed by atoms with Crippen LogP contribution in [-0.4, -0.2) is 11.9 Å². The maximum Gasteiger partial charge on any atom is 0.241 e. The van der Waals surface area contributed by atoms with Crippen LogP contribution in [0.25, 0.3) is 0 Å². The Balaban J connectivity index is 2.01. The van der Waals surface area contributed by atoms with Crippen molar-refractivity contribution in [2.45, 2.75) is 32.4 Å². The van der Waals surface area contributed by atoms with Crippen molar-refractivity contribution in [2.24, 2.45) is 0 Å². The van der Waals surface area contributed by atoms with Gasteiger partial charge < -0.3 is 5.32 Å². The third-order valence-corrected chi connectivity index (χ3v) is 4.31. The normalized spacial score (nSPS) is 12.9. The number of amides is 1. The van der Waals surface area contributed by atoms with Crippen LogP contribution in [0.4, 0.5) is 5.69 Å². The van der Waals surface area contributed by atoms with Gasteiger partial charge in [0.2, 0.25) is 5.91 Å². The number of nitrogens with one attached hydrogen (secondary N) is 2. The van der Waals surface area contributed by atoms with Crippen molar-refractivity contribution in [3.8, 4) is 6.07 Å². The number of halogens is 1. The van der Waals surface area contributed by atoms with Crippen molar-refractivity contribution in [3.05, 3.63) is 64.1 Å². The van der Waals surface area contributed by atoms with Crippen LogP contribution in [0, 0.1) is 11.3 Å². The first kappa shape index (κ1) is 18.2. The lowest BCUT2D eigenvalue weighted by molar-refractivity contribution is -0.118. The van der Waals surface area contributed by atoms with Gasteiger partial charge in [0.15, 0.2) is 0 Å². The van der Waals surface area contributed by atoms with E-state index >= 15 is 0 Å². The van der Waals surface area contributed by atoms with Gasteiger partial charge in [-0.1, -0.05) is 41.1 Å². The molecular weight excluding hydrogens is 366 g/mol. The zero-order chi connectivity index (χ0) is 17.5. The van der Waals surface area contributed by atoms with Crippen LogP contribution >= 0.6 is 15.9 Å². The summed E-state index contributed by atoms with van der Waals surface area (Å²) in [5.74, 6) is -0.124. The zero-order valence-electron chi connectivity index (χ0n) is 13.7. The largest absolute Gasteiger partial charge is 0.325 e. The lowest BCUT2D eigenvalue weighted by Crippen LogP contribution is -2.40. The van der Waals surface area contributed by atoms with Crippen LogP contribution in [0.5, 0.6) is 0 Å². The molecule has 2 atom stereocenters. The smallest absolute Gasteiger partial charge is 0.241 e. The number of carbonyl (C=O) groups is 1. The standard InChI is InChI=1S/C19H20BrN3O/c1-3-18(15-7-9-16(20)10-8-15)22-13(2)19(24)23-17-6-4-5-14(11-17)12-21/h4-11,13,18,22H,3H2,1-2H3,(H,23,24)/t13-,18+/m1/s1. The highest BCUT2D eigenvalue weighted by Gasteiger charge is 2.18. The molecule has 2 aromatic carbocycles. The molecule has 5 heteroatoms. The van der Waals surface area contributed by atoms with E-state index in [2.05, 4.69) is 39.6 Å². The number of nitrogens with zero attached hydrogens (tertiary/aromatic N) is 1. The molecule has 124 valence electrons. The minimum Gasteiger partial charge on any atom is -0.325 e. The molecule has 2 rings (SSSR count). The van der Waals surface area contributed by atoms with Crippen LogP contribution in [-0.2, 0) is 4.79 Å². The molecule has 2 N–H and O–H groups in total. The predicted octanol–water partition coefficient (Wildman–Crippen LogP) is 4.39. The van der Waals surface area contributed by atoms with Gasteiger partial charge in [-0.15, -0.1) is 0 Å². The highest BCUT2D eigenvalue weighted by Crippen LogP contribution is 2.20. The van der Waals surface area contributed by atoms with Gasteiger partial charge in [0.05, 0.1) is 17.7 Å². The Bertz CT molecular complexity index is 737. The summed E-state index contributed by atoms with van der Waals surface area (Å²) in [6.45, 7) is 3.92. The quantitative estimate of drug-likeness (QED) is 0.774. The summed E-state index contributed by atoms with van der Waals surface area (Å²) in [7, 11) is 0. The second kappa shape index (κ2) is 8.62. The van der Waals surface area contributed by atoms with E-state index in [9.17, 15) is 4.79 Å². The van der Waals surface area contributed by atoms with E-state index in [1.165, 1.54) is 0 Å². The van der Waals surface area contributed by atoms with E-state index in [0.717, 1.165) is 16.5 Å². The predicted molar refractivity (Wildman–Crippen MR) is 99.6 cm³/mol. The third kappa shape index (κ3) is 4.92. The van der Waals surface area contributed by atoms with E-state index in [4.69, 9.17) is 5.26 Å². The summed E-state index contributed by atoms with van der Waals surface area (Å²) in [4.78, 5) is 12.4. The van der Waals surface area contributed by atoms with Crippen molar-refractivity contribution in [3.63, 3.8) is 0 Å². The third-order valence-electron chi connectivity index (χ3n) is 3.78. The van der Waals surface area contributed by atoms with Crippen molar-refractivity contribution >= 4 is 27.5 Å². The van der Waals surface area contributed by atoms with E-state index < -0.39 is 0 Å². The second-order valence-electron chi connectivity index (χ2n) is 5.58. The maximum atomic E-state index is 12.4. The molecule has 0 fully saturated rings. The van der Waals surface area contributed by atoms with E-state index in [1.807, 2.05) is 31.2 Å². The fraction of sp³-hybridized carbons (Fsp3) is 0.263. The summed E-state index contributed by atoms with van der Waals surface area (Å²) >= 11 is 3.43. The molecule has 0 aliphatic heterocycles. The molecule has 1 amide bonds. The van der Waals surface area contributed by atoms with Gasteiger partial charge in [-0.3, -0.25) is 10.1 Å². The topological polar surface area (TPSA) is 64.9 Å². The van der Waals surface area contributed by atoms with E-state index in [0.29, 0.717) is 11.3 Å². The molecule has 0 spiro atoms. The highest BCUT2D eigenvalue weighted by atomic mass is 79.9. The van der Waals surface area contributed by atoms with E-state index in [1.54, 1.807) is 24.3 Å². The summed E-state index contributed by atoms with van der Waals surface area (Å²) in [6.07, 6.45) is 0.878. The Morgan fingerprint density at radius 1 is 1.25 bits per heavy atom. The van der Waals surface area contributed by atoms with Crippen LogP contribution < -0.4 is 10.6 Å². The summed E-state index contributed by atoms with van der Waals surface area (Å²) < 4.78 is 1.03.